The van der Waals surface area contributed by atoms with E-state index >= 15 is 0 Å². The maximum atomic E-state index is 8.01. The minimum Gasteiger partial charge on any atom is -0.309 e. The van der Waals surface area contributed by atoms with Gasteiger partial charge in [-0.25, -0.2) is 9.83 Å². The predicted octanol–water partition coefficient (Wildman–Crippen LogP) is 12.5. The molecule has 6 nitrogen and oxygen atoms in total. The molecular weight excluding hydrogens is 661 g/mol. The van der Waals surface area contributed by atoms with Gasteiger partial charge in [0.15, 0.2) is 17.3 Å². The number of nitrogens with zero attached hydrogens (tertiary/aromatic N) is 6. The van der Waals surface area contributed by atoms with Crippen LogP contribution in [0, 0.1) is 6.57 Å². The van der Waals surface area contributed by atoms with Gasteiger partial charge in [-0.2, -0.15) is 9.97 Å². The van der Waals surface area contributed by atoms with Crippen LogP contribution in [-0.2, 0) is 10.8 Å². The lowest BCUT2D eigenvalue weighted by Gasteiger charge is -2.19. The van der Waals surface area contributed by atoms with E-state index in [9.17, 15) is 0 Å². The second kappa shape index (κ2) is 12.2. The van der Waals surface area contributed by atoms with Crippen LogP contribution in [-0.4, -0.2) is 24.1 Å². The van der Waals surface area contributed by atoms with Gasteiger partial charge >= 0.3 is 0 Å². The summed E-state index contributed by atoms with van der Waals surface area (Å²) in [6, 6.07) is 46.3. The van der Waals surface area contributed by atoms with Crippen LogP contribution in [0.15, 0.2) is 133 Å². The minimum atomic E-state index is -0.0256. The van der Waals surface area contributed by atoms with Gasteiger partial charge < -0.3 is 4.57 Å². The summed E-state index contributed by atoms with van der Waals surface area (Å²) < 4.78 is 4.45. The van der Waals surface area contributed by atoms with Crippen LogP contribution in [0.3, 0.4) is 0 Å². The normalized spacial score (nSPS) is 12.2. The molecule has 3 heterocycles. The molecule has 0 fully saturated rings. The van der Waals surface area contributed by atoms with E-state index in [-0.39, 0.29) is 10.8 Å². The number of aromatic nitrogens is 5. The van der Waals surface area contributed by atoms with Crippen LogP contribution < -0.4 is 0 Å². The van der Waals surface area contributed by atoms with E-state index in [1.807, 2.05) is 48.5 Å². The average Bonchev–Trinajstić information content (AvgIpc) is 3.69. The van der Waals surface area contributed by atoms with E-state index in [0.717, 1.165) is 60.4 Å². The van der Waals surface area contributed by atoms with Crippen LogP contribution in [0.25, 0.3) is 82.9 Å². The fourth-order valence-corrected chi connectivity index (χ4v) is 7.62. The molecule has 0 spiro atoms. The maximum absolute atomic E-state index is 8.01. The first-order chi connectivity index (χ1) is 26.0. The van der Waals surface area contributed by atoms with Crippen molar-refractivity contribution in [3.8, 4) is 34.4 Å². The molecule has 54 heavy (non-hydrogen) atoms. The summed E-state index contributed by atoms with van der Waals surface area (Å²) in [6.07, 6.45) is 0. The standard InChI is InChI=1S/C48H40N6/c1-47(2,3)31-21-24-41-36(27-31)37-28-32(48(4,5)6)22-25-42(37)54(41)46-51-44(30-15-9-8-10-16-30)50-45(52-46)38-29-33(49-7)23-26-43(38)53-39-19-13-11-17-34(39)35-18-12-14-20-40(35)53/h8-29H,1-6H3. The molecule has 0 N–H and O–H groups in total. The Morgan fingerprint density at radius 3 is 1.56 bits per heavy atom. The lowest BCUT2D eigenvalue weighted by molar-refractivity contribution is 0.590. The molecule has 0 bridgehead atoms. The SMILES string of the molecule is [C-]#[N+]c1ccc(-n2c3ccccc3c3ccccc32)c(-c2nc(-c3ccccc3)nc(-n3c4ccc(C(C)(C)C)cc4c4cc(C(C)(C)C)ccc43)n2)c1. The Morgan fingerprint density at radius 2 is 1.00 bits per heavy atom. The van der Waals surface area contributed by atoms with Gasteiger partial charge in [0.2, 0.25) is 5.95 Å². The van der Waals surface area contributed by atoms with Crippen molar-refractivity contribution in [3.05, 3.63) is 156 Å². The quantitative estimate of drug-likeness (QED) is 0.172. The molecule has 9 rings (SSSR count). The zero-order chi connectivity index (χ0) is 37.4. The molecule has 0 saturated heterocycles. The van der Waals surface area contributed by atoms with Crippen molar-refractivity contribution in [2.24, 2.45) is 0 Å². The van der Waals surface area contributed by atoms with Gasteiger partial charge in [-0.1, -0.05) is 126 Å². The summed E-state index contributed by atoms with van der Waals surface area (Å²) in [6.45, 7) is 21.5. The van der Waals surface area contributed by atoms with Crippen molar-refractivity contribution in [3.63, 3.8) is 0 Å². The lowest BCUT2D eigenvalue weighted by Crippen LogP contribution is -2.11. The highest BCUT2D eigenvalue weighted by Gasteiger charge is 2.24. The van der Waals surface area contributed by atoms with Crippen molar-refractivity contribution in [2.75, 3.05) is 0 Å². The highest BCUT2D eigenvalue weighted by molar-refractivity contribution is 6.11. The van der Waals surface area contributed by atoms with E-state index in [1.54, 1.807) is 0 Å². The summed E-state index contributed by atoms with van der Waals surface area (Å²) in [5.41, 5.74) is 9.71. The smallest absolute Gasteiger partial charge is 0.238 e. The highest BCUT2D eigenvalue weighted by atomic mass is 15.2. The molecule has 0 aliphatic rings. The lowest BCUT2D eigenvalue weighted by atomic mass is 9.85. The minimum absolute atomic E-state index is 0.0256. The maximum Gasteiger partial charge on any atom is 0.238 e. The molecule has 0 amide bonds. The zero-order valence-corrected chi connectivity index (χ0v) is 31.4. The molecule has 0 aliphatic heterocycles. The van der Waals surface area contributed by atoms with Gasteiger partial charge in [-0.3, -0.25) is 4.57 Å². The van der Waals surface area contributed by atoms with Gasteiger partial charge in [-0.15, -0.1) is 0 Å². The summed E-state index contributed by atoms with van der Waals surface area (Å²) in [7, 11) is 0. The molecule has 6 aromatic carbocycles. The number of para-hydroxylation sites is 2. The Bertz CT molecular complexity index is 2840. The van der Waals surface area contributed by atoms with E-state index in [2.05, 4.69) is 140 Å². The number of fused-ring (bicyclic) bond motifs is 6. The topological polar surface area (TPSA) is 52.9 Å². The second-order valence-electron chi connectivity index (χ2n) is 16.1. The molecule has 262 valence electrons. The Morgan fingerprint density at radius 1 is 0.481 bits per heavy atom. The molecule has 0 radical (unpaired) electrons. The number of hydrogen-bond donors (Lipinski definition) is 0. The van der Waals surface area contributed by atoms with Crippen molar-refractivity contribution in [1.29, 1.82) is 0 Å². The summed E-state index contributed by atoms with van der Waals surface area (Å²) >= 11 is 0. The van der Waals surface area contributed by atoms with Gasteiger partial charge in [0.05, 0.1) is 34.3 Å². The second-order valence-corrected chi connectivity index (χ2v) is 16.1. The molecule has 6 heteroatoms. The number of benzene rings is 6. The van der Waals surface area contributed by atoms with Gasteiger partial charge in [0, 0.05) is 32.7 Å². The third-order valence-corrected chi connectivity index (χ3v) is 10.5. The molecule has 0 aliphatic carbocycles. The summed E-state index contributed by atoms with van der Waals surface area (Å²) in [5, 5.41) is 4.63. The molecular formula is C48H40N6. The van der Waals surface area contributed by atoms with Crippen molar-refractivity contribution < 1.29 is 0 Å². The molecule has 0 saturated carbocycles. The van der Waals surface area contributed by atoms with Crippen LogP contribution in [0.4, 0.5) is 5.69 Å². The van der Waals surface area contributed by atoms with E-state index in [4.69, 9.17) is 21.5 Å². The fourth-order valence-electron chi connectivity index (χ4n) is 7.62. The Kier molecular flexibility index (Phi) is 7.55. The van der Waals surface area contributed by atoms with Crippen molar-refractivity contribution >= 4 is 49.3 Å². The summed E-state index contributed by atoms with van der Waals surface area (Å²) in [5.74, 6) is 1.57. The number of hydrogen-bond acceptors (Lipinski definition) is 3. The fraction of sp³-hybridized carbons (Fsp3) is 0.167. The zero-order valence-electron chi connectivity index (χ0n) is 31.4. The van der Waals surface area contributed by atoms with E-state index in [1.165, 1.54) is 11.1 Å². The Hall–Kier alpha value is -6.58. The van der Waals surface area contributed by atoms with Gasteiger partial charge in [0.1, 0.15) is 0 Å². The van der Waals surface area contributed by atoms with Gasteiger partial charge in [-0.05, 0) is 70.5 Å². The third kappa shape index (κ3) is 5.43. The Labute approximate surface area is 315 Å². The van der Waals surface area contributed by atoms with E-state index < -0.39 is 0 Å². The number of rotatable bonds is 4. The first-order valence-electron chi connectivity index (χ1n) is 18.4. The largest absolute Gasteiger partial charge is 0.309 e. The van der Waals surface area contributed by atoms with E-state index in [0.29, 0.717) is 23.3 Å². The predicted molar refractivity (Wildman–Crippen MR) is 223 cm³/mol. The van der Waals surface area contributed by atoms with Crippen LogP contribution in [0.5, 0.6) is 0 Å². The first kappa shape index (κ1) is 33.3. The van der Waals surface area contributed by atoms with Gasteiger partial charge in [0.25, 0.3) is 0 Å². The van der Waals surface area contributed by atoms with Crippen LogP contribution >= 0.6 is 0 Å². The van der Waals surface area contributed by atoms with Crippen LogP contribution in [0.2, 0.25) is 0 Å². The molecule has 0 atom stereocenters. The Balaban J connectivity index is 1.38. The van der Waals surface area contributed by atoms with Crippen molar-refractivity contribution in [1.82, 2.24) is 24.1 Å². The van der Waals surface area contributed by atoms with Crippen molar-refractivity contribution in [2.45, 2.75) is 52.4 Å². The highest BCUT2D eigenvalue weighted by Crippen LogP contribution is 2.40. The average molecular weight is 701 g/mol. The summed E-state index contributed by atoms with van der Waals surface area (Å²) in [4.78, 5) is 19.6. The van der Waals surface area contributed by atoms with Crippen LogP contribution in [0.1, 0.15) is 52.7 Å². The third-order valence-electron chi connectivity index (χ3n) is 10.5. The first-order valence-corrected chi connectivity index (χ1v) is 18.4. The molecule has 3 aromatic heterocycles. The molecule has 0 unspecified atom stereocenters. The monoisotopic (exact) mass is 700 g/mol. The molecule has 9 aromatic rings.